The van der Waals surface area contributed by atoms with E-state index in [-0.39, 0.29) is 24.5 Å². The molecule has 1 fully saturated rings. The summed E-state index contributed by atoms with van der Waals surface area (Å²) in [7, 11) is 0. The molecule has 2 N–H and O–H groups in total. The number of carbonyl (C=O) groups excluding carboxylic acids is 1. The lowest BCUT2D eigenvalue weighted by atomic mass is 9.89. The maximum atomic E-state index is 12.0. The third-order valence-corrected chi connectivity index (χ3v) is 3.47. The van der Waals surface area contributed by atoms with E-state index < -0.39 is 0 Å². The minimum absolute atomic E-state index is 0.0737. The van der Waals surface area contributed by atoms with Gasteiger partial charge in [0.1, 0.15) is 5.78 Å². The Morgan fingerprint density at radius 3 is 2.25 bits per heavy atom. The number of hydrogen-bond donors (Lipinski definition) is 2. The first-order chi connectivity index (χ1) is 7.51. The number of ketones is 1. The van der Waals surface area contributed by atoms with E-state index in [0.717, 1.165) is 12.8 Å². The summed E-state index contributed by atoms with van der Waals surface area (Å²) in [5.41, 5.74) is -0.186. The van der Waals surface area contributed by atoms with E-state index >= 15 is 0 Å². The van der Waals surface area contributed by atoms with E-state index in [9.17, 15) is 4.79 Å². The van der Waals surface area contributed by atoms with Crippen molar-refractivity contribution in [2.24, 2.45) is 11.3 Å². The summed E-state index contributed by atoms with van der Waals surface area (Å²) in [6.07, 6.45) is 1.88. The second-order valence-electron chi connectivity index (χ2n) is 5.23. The minimum Gasteiger partial charge on any atom is -0.395 e. The van der Waals surface area contributed by atoms with Gasteiger partial charge < -0.3 is 10.2 Å². The van der Waals surface area contributed by atoms with E-state index in [1.807, 2.05) is 18.7 Å². The first-order valence-electron chi connectivity index (χ1n) is 5.99. The summed E-state index contributed by atoms with van der Waals surface area (Å²) in [6.45, 7) is 5.88. The molecule has 0 heterocycles. The average Bonchev–Trinajstić information content (AvgIpc) is 2.46. The largest absolute Gasteiger partial charge is 0.395 e. The highest BCUT2D eigenvalue weighted by Gasteiger charge is 2.40. The predicted octanol–water partition coefficient (Wildman–Crippen LogP) is 0.278. The number of aliphatic hydroxyl groups excluding tert-OH is 2. The Labute approximate surface area is 97.3 Å². The zero-order chi connectivity index (χ0) is 12.2. The van der Waals surface area contributed by atoms with Gasteiger partial charge in [0.15, 0.2) is 0 Å². The Morgan fingerprint density at radius 1 is 1.31 bits per heavy atom. The molecular weight excluding hydrogens is 206 g/mol. The molecule has 1 aliphatic carbocycles. The second kappa shape index (κ2) is 5.75. The highest BCUT2D eigenvalue weighted by molar-refractivity contribution is 5.88. The molecule has 0 bridgehead atoms. The summed E-state index contributed by atoms with van der Waals surface area (Å²) in [5, 5.41) is 17.8. The molecule has 1 rings (SSSR count). The number of carbonyl (C=O) groups is 1. The van der Waals surface area contributed by atoms with Crippen LogP contribution in [-0.4, -0.2) is 53.7 Å². The number of hydrogen-bond acceptors (Lipinski definition) is 4. The molecule has 0 amide bonds. The monoisotopic (exact) mass is 229 g/mol. The first kappa shape index (κ1) is 13.6. The van der Waals surface area contributed by atoms with Crippen LogP contribution >= 0.6 is 0 Å². The van der Waals surface area contributed by atoms with Crippen molar-refractivity contribution >= 4 is 5.78 Å². The van der Waals surface area contributed by atoms with Gasteiger partial charge in [0.25, 0.3) is 0 Å². The number of rotatable bonds is 6. The predicted molar refractivity (Wildman–Crippen MR) is 62.1 cm³/mol. The van der Waals surface area contributed by atoms with Crippen LogP contribution in [0.15, 0.2) is 0 Å². The molecule has 0 saturated heterocycles. The van der Waals surface area contributed by atoms with Gasteiger partial charge in [-0.25, -0.2) is 0 Å². The van der Waals surface area contributed by atoms with Crippen molar-refractivity contribution in [1.29, 1.82) is 0 Å². The molecule has 1 atom stereocenters. The lowest BCUT2D eigenvalue weighted by molar-refractivity contribution is -0.128. The topological polar surface area (TPSA) is 60.8 Å². The van der Waals surface area contributed by atoms with Gasteiger partial charge in [-0.1, -0.05) is 13.8 Å². The normalized spacial score (nSPS) is 24.3. The zero-order valence-corrected chi connectivity index (χ0v) is 10.3. The van der Waals surface area contributed by atoms with Gasteiger partial charge in [-0.05, 0) is 12.8 Å². The molecule has 1 aliphatic rings. The summed E-state index contributed by atoms with van der Waals surface area (Å²) >= 11 is 0. The quantitative estimate of drug-likeness (QED) is 0.687. The zero-order valence-electron chi connectivity index (χ0n) is 10.3. The maximum absolute atomic E-state index is 12.0. The summed E-state index contributed by atoms with van der Waals surface area (Å²) in [6, 6.07) is 0. The highest BCUT2D eigenvalue weighted by atomic mass is 16.3. The molecule has 94 valence electrons. The molecule has 0 aromatic carbocycles. The van der Waals surface area contributed by atoms with Crippen molar-refractivity contribution in [3.63, 3.8) is 0 Å². The van der Waals surface area contributed by atoms with Crippen LogP contribution in [0.4, 0.5) is 0 Å². The third-order valence-electron chi connectivity index (χ3n) is 3.47. The molecule has 0 aromatic heterocycles. The Balaban J connectivity index is 2.49. The minimum atomic E-state index is -0.186. The smallest absolute Gasteiger partial charge is 0.142 e. The van der Waals surface area contributed by atoms with E-state index in [1.54, 1.807) is 0 Å². The lowest BCUT2D eigenvalue weighted by Crippen LogP contribution is -2.37. The van der Waals surface area contributed by atoms with Crippen molar-refractivity contribution in [3.05, 3.63) is 0 Å². The lowest BCUT2D eigenvalue weighted by Gasteiger charge is -2.24. The standard InChI is InChI=1S/C12H23NO3/c1-12(2)4-3-10(11(12)16)9-13(5-7-14)6-8-15/h10,14-15H,3-9H2,1-2H3. The molecule has 0 aliphatic heterocycles. The van der Waals surface area contributed by atoms with E-state index in [4.69, 9.17) is 10.2 Å². The summed E-state index contributed by atoms with van der Waals surface area (Å²) in [4.78, 5) is 14.0. The Bertz CT molecular complexity index is 234. The van der Waals surface area contributed by atoms with Gasteiger partial charge in [-0.2, -0.15) is 0 Å². The van der Waals surface area contributed by atoms with Crippen LogP contribution in [0.5, 0.6) is 0 Å². The van der Waals surface area contributed by atoms with Gasteiger partial charge in [-0.3, -0.25) is 9.69 Å². The molecule has 16 heavy (non-hydrogen) atoms. The molecule has 4 nitrogen and oxygen atoms in total. The van der Waals surface area contributed by atoms with Crippen molar-refractivity contribution in [2.45, 2.75) is 26.7 Å². The van der Waals surface area contributed by atoms with Crippen LogP contribution in [0.25, 0.3) is 0 Å². The highest BCUT2D eigenvalue weighted by Crippen LogP contribution is 2.37. The Morgan fingerprint density at radius 2 is 1.88 bits per heavy atom. The van der Waals surface area contributed by atoms with Gasteiger partial charge in [0.05, 0.1) is 13.2 Å². The molecule has 1 saturated carbocycles. The van der Waals surface area contributed by atoms with Gasteiger partial charge in [-0.15, -0.1) is 0 Å². The van der Waals surface area contributed by atoms with Gasteiger partial charge in [0, 0.05) is 31.0 Å². The average molecular weight is 229 g/mol. The number of nitrogens with zero attached hydrogens (tertiary/aromatic N) is 1. The summed E-state index contributed by atoms with van der Waals surface area (Å²) in [5.74, 6) is 0.404. The van der Waals surface area contributed by atoms with Crippen LogP contribution in [0, 0.1) is 11.3 Å². The third kappa shape index (κ3) is 3.27. The van der Waals surface area contributed by atoms with Crippen molar-refractivity contribution in [1.82, 2.24) is 4.90 Å². The Hall–Kier alpha value is -0.450. The van der Waals surface area contributed by atoms with E-state index in [0.29, 0.717) is 25.4 Å². The fraction of sp³-hybridized carbons (Fsp3) is 0.917. The molecule has 0 radical (unpaired) electrons. The van der Waals surface area contributed by atoms with E-state index in [2.05, 4.69) is 0 Å². The SMILES string of the molecule is CC1(C)CCC(CN(CCO)CCO)C1=O. The van der Waals surface area contributed by atoms with Crippen molar-refractivity contribution < 1.29 is 15.0 Å². The first-order valence-corrected chi connectivity index (χ1v) is 5.99. The summed E-state index contributed by atoms with van der Waals surface area (Å²) < 4.78 is 0. The van der Waals surface area contributed by atoms with Crippen LogP contribution in [0.3, 0.4) is 0 Å². The van der Waals surface area contributed by atoms with Crippen LogP contribution < -0.4 is 0 Å². The maximum Gasteiger partial charge on any atom is 0.142 e. The van der Waals surface area contributed by atoms with Gasteiger partial charge in [0.2, 0.25) is 0 Å². The molecule has 0 spiro atoms. The molecule has 1 unspecified atom stereocenters. The fourth-order valence-electron chi connectivity index (χ4n) is 2.41. The fourth-order valence-corrected chi connectivity index (χ4v) is 2.41. The van der Waals surface area contributed by atoms with Crippen LogP contribution in [0.2, 0.25) is 0 Å². The van der Waals surface area contributed by atoms with E-state index in [1.165, 1.54) is 0 Å². The van der Waals surface area contributed by atoms with Crippen LogP contribution in [-0.2, 0) is 4.79 Å². The number of aliphatic hydroxyl groups is 2. The molecule has 0 aromatic rings. The van der Waals surface area contributed by atoms with Crippen molar-refractivity contribution in [3.8, 4) is 0 Å². The Kier molecular flexibility index (Phi) is 4.89. The molecule has 4 heteroatoms. The molecular formula is C12H23NO3. The van der Waals surface area contributed by atoms with Crippen molar-refractivity contribution in [2.75, 3.05) is 32.8 Å². The van der Waals surface area contributed by atoms with Crippen LogP contribution in [0.1, 0.15) is 26.7 Å². The number of Topliss-reactive ketones (excluding diaryl/α,β-unsaturated/α-hetero) is 1. The second-order valence-corrected chi connectivity index (χ2v) is 5.23. The van der Waals surface area contributed by atoms with Gasteiger partial charge >= 0.3 is 0 Å².